The van der Waals surface area contributed by atoms with Crippen LogP contribution in [0.15, 0.2) is 72.9 Å². The normalized spacial score (nSPS) is 12.3. The Kier molecular flexibility index (Phi) is 6.92. The van der Waals surface area contributed by atoms with E-state index < -0.39 is 11.8 Å². The second-order valence-corrected chi connectivity index (χ2v) is 8.17. The third-order valence-electron chi connectivity index (χ3n) is 5.25. The van der Waals surface area contributed by atoms with Crippen LogP contribution in [0.2, 0.25) is 5.02 Å². The lowest BCUT2D eigenvalue weighted by molar-refractivity contribution is -0.131. The quantitative estimate of drug-likeness (QED) is 0.169. The number of fused-ring (bicyclic) bond motifs is 1. The van der Waals surface area contributed by atoms with Gasteiger partial charge in [0.2, 0.25) is 0 Å². The summed E-state index contributed by atoms with van der Waals surface area (Å²) >= 11 is 12.6. The zero-order valence-electron chi connectivity index (χ0n) is 17.4. The fourth-order valence-electron chi connectivity index (χ4n) is 3.76. The summed E-state index contributed by atoms with van der Waals surface area (Å²) in [5.74, 6) is -1.08. The number of alkyl halides is 1. The van der Waals surface area contributed by atoms with Gasteiger partial charge in [0.05, 0.1) is 16.7 Å². The minimum Gasteiger partial charge on any atom is -0.478 e. The minimum absolute atomic E-state index is 0.304. The molecule has 2 N–H and O–H groups in total. The largest absolute Gasteiger partial charge is 0.478 e. The van der Waals surface area contributed by atoms with Crippen molar-refractivity contribution in [1.29, 1.82) is 0 Å². The number of hydrogen-bond donors (Lipinski definition) is 2. The summed E-state index contributed by atoms with van der Waals surface area (Å²) < 4.78 is 13.8. The SMILES string of the molecule is O=C(O)/C=C/c1ccc(/C(=C(/CCCl)c2ccc(F)cc2Cl)c2ccc3[nH]ncc3c2)cc1. The Morgan fingerprint density at radius 2 is 1.82 bits per heavy atom. The van der Waals surface area contributed by atoms with Crippen molar-refractivity contribution in [1.82, 2.24) is 10.2 Å². The summed E-state index contributed by atoms with van der Waals surface area (Å²) in [5.41, 5.74) is 5.98. The van der Waals surface area contributed by atoms with Crippen LogP contribution < -0.4 is 0 Å². The van der Waals surface area contributed by atoms with E-state index in [2.05, 4.69) is 10.2 Å². The summed E-state index contributed by atoms with van der Waals surface area (Å²) in [7, 11) is 0. The molecule has 0 aliphatic rings. The van der Waals surface area contributed by atoms with E-state index in [1.807, 2.05) is 42.5 Å². The number of nitrogens with zero attached hydrogens (tertiary/aromatic N) is 1. The van der Waals surface area contributed by atoms with Crippen molar-refractivity contribution in [3.63, 3.8) is 0 Å². The highest BCUT2D eigenvalue weighted by Crippen LogP contribution is 2.38. The predicted molar refractivity (Wildman–Crippen MR) is 132 cm³/mol. The van der Waals surface area contributed by atoms with Gasteiger partial charge >= 0.3 is 5.97 Å². The zero-order chi connectivity index (χ0) is 23.4. The summed E-state index contributed by atoms with van der Waals surface area (Å²) in [6, 6.07) is 17.8. The molecule has 0 amide bonds. The fourth-order valence-corrected chi connectivity index (χ4v) is 4.24. The number of aromatic amines is 1. The van der Waals surface area contributed by atoms with Crippen molar-refractivity contribution in [2.45, 2.75) is 6.42 Å². The molecule has 7 heteroatoms. The summed E-state index contributed by atoms with van der Waals surface area (Å²) in [4.78, 5) is 10.8. The number of hydrogen-bond acceptors (Lipinski definition) is 2. The topological polar surface area (TPSA) is 66.0 Å². The molecule has 4 rings (SSSR count). The average molecular weight is 481 g/mol. The first-order chi connectivity index (χ1) is 16.0. The molecule has 33 heavy (non-hydrogen) atoms. The number of halogens is 3. The highest BCUT2D eigenvalue weighted by atomic mass is 35.5. The van der Waals surface area contributed by atoms with Gasteiger partial charge in [0.1, 0.15) is 5.82 Å². The number of nitrogens with one attached hydrogen (secondary N) is 1. The highest BCUT2D eigenvalue weighted by molar-refractivity contribution is 6.33. The van der Waals surface area contributed by atoms with Crippen LogP contribution in [0.4, 0.5) is 4.39 Å². The van der Waals surface area contributed by atoms with Gasteiger partial charge in [-0.2, -0.15) is 5.10 Å². The van der Waals surface area contributed by atoms with Gasteiger partial charge in [0, 0.05) is 17.3 Å². The first-order valence-corrected chi connectivity index (χ1v) is 11.1. The molecule has 0 unspecified atom stereocenters. The fraction of sp³-hybridized carbons (Fsp3) is 0.0769. The molecule has 0 aliphatic heterocycles. The van der Waals surface area contributed by atoms with Gasteiger partial charge in [0.25, 0.3) is 0 Å². The van der Waals surface area contributed by atoms with E-state index in [1.165, 1.54) is 18.2 Å². The van der Waals surface area contributed by atoms with E-state index in [0.29, 0.717) is 22.9 Å². The minimum atomic E-state index is -1.01. The van der Waals surface area contributed by atoms with Gasteiger partial charge in [-0.3, -0.25) is 5.10 Å². The molecule has 0 saturated heterocycles. The van der Waals surface area contributed by atoms with Crippen LogP contribution in [0.3, 0.4) is 0 Å². The molecule has 0 radical (unpaired) electrons. The number of carboxylic acid groups (broad SMARTS) is 1. The molecule has 4 nitrogen and oxygen atoms in total. The Morgan fingerprint density at radius 1 is 1.06 bits per heavy atom. The maximum absolute atomic E-state index is 13.8. The number of rotatable bonds is 7. The monoisotopic (exact) mass is 480 g/mol. The maximum atomic E-state index is 13.8. The second kappa shape index (κ2) is 10.0. The highest BCUT2D eigenvalue weighted by Gasteiger charge is 2.17. The first kappa shape index (κ1) is 22.8. The number of aliphatic carboxylic acids is 1. The Morgan fingerprint density at radius 3 is 2.52 bits per heavy atom. The van der Waals surface area contributed by atoms with Crippen molar-refractivity contribution in [3.05, 3.63) is 106 Å². The number of benzene rings is 3. The van der Waals surface area contributed by atoms with Gasteiger partial charge < -0.3 is 5.11 Å². The molecule has 166 valence electrons. The molecule has 0 aliphatic carbocycles. The lowest BCUT2D eigenvalue weighted by Crippen LogP contribution is -1.98. The number of carbonyl (C=O) groups is 1. The van der Waals surface area contributed by atoms with Crippen LogP contribution in [0.5, 0.6) is 0 Å². The standard InChI is InChI=1S/C26H19Cl2FN2O2/c27-12-11-22(21-8-7-20(29)14-23(21)28)26(18-6-9-24-19(13-18)15-30-31-24)17-4-1-16(2-5-17)3-10-25(32)33/h1-10,13-15H,11-12H2,(H,30,31)(H,32,33)/b10-3+,26-22+. The summed E-state index contributed by atoms with van der Waals surface area (Å²) in [5, 5.41) is 17.2. The van der Waals surface area contributed by atoms with Crippen LogP contribution in [0.1, 0.15) is 28.7 Å². The van der Waals surface area contributed by atoms with E-state index in [9.17, 15) is 9.18 Å². The van der Waals surface area contributed by atoms with E-state index in [4.69, 9.17) is 28.3 Å². The third-order valence-corrected chi connectivity index (χ3v) is 5.75. The Bertz CT molecular complexity index is 1370. The van der Waals surface area contributed by atoms with E-state index >= 15 is 0 Å². The van der Waals surface area contributed by atoms with Gasteiger partial charge in [-0.25, -0.2) is 9.18 Å². The molecular formula is C26H19Cl2FN2O2. The average Bonchev–Trinajstić information content (AvgIpc) is 3.26. The van der Waals surface area contributed by atoms with E-state index in [-0.39, 0.29) is 0 Å². The number of aromatic nitrogens is 2. The van der Waals surface area contributed by atoms with Gasteiger partial charge in [-0.1, -0.05) is 48.0 Å². The smallest absolute Gasteiger partial charge is 0.328 e. The second-order valence-electron chi connectivity index (χ2n) is 7.38. The molecule has 0 fully saturated rings. The summed E-state index contributed by atoms with van der Waals surface area (Å²) in [6.07, 6.45) is 4.88. The predicted octanol–water partition coefficient (Wildman–Crippen LogP) is 7.04. The first-order valence-electron chi connectivity index (χ1n) is 10.2. The van der Waals surface area contributed by atoms with Crippen molar-refractivity contribution in [3.8, 4) is 0 Å². The third kappa shape index (κ3) is 5.16. The van der Waals surface area contributed by atoms with E-state index in [0.717, 1.165) is 44.8 Å². The summed E-state index contributed by atoms with van der Waals surface area (Å²) in [6.45, 7) is 0. The molecule has 1 heterocycles. The Balaban J connectivity index is 1.95. The maximum Gasteiger partial charge on any atom is 0.328 e. The number of H-pyrrole nitrogens is 1. The van der Waals surface area contributed by atoms with Crippen LogP contribution in [-0.2, 0) is 4.79 Å². The van der Waals surface area contributed by atoms with E-state index in [1.54, 1.807) is 12.3 Å². The molecule has 1 aromatic heterocycles. The van der Waals surface area contributed by atoms with Gasteiger partial charge in [-0.05, 0) is 70.2 Å². The Hall–Kier alpha value is -3.41. The molecule has 3 aromatic carbocycles. The molecule has 4 aromatic rings. The van der Waals surface area contributed by atoms with Crippen molar-refractivity contribution in [2.24, 2.45) is 0 Å². The van der Waals surface area contributed by atoms with Crippen LogP contribution in [0, 0.1) is 5.82 Å². The van der Waals surface area contributed by atoms with Crippen LogP contribution >= 0.6 is 23.2 Å². The van der Waals surface area contributed by atoms with Gasteiger partial charge in [-0.15, -0.1) is 11.6 Å². The zero-order valence-corrected chi connectivity index (χ0v) is 18.9. The Labute approximate surface area is 200 Å². The number of carboxylic acids is 1. The van der Waals surface area contributed by atoms with Crippen molar-refractivity contribution < 1.29 is 14.3 Å². The van der Waals surface area contributed by atoms with Gasteiger partial charge in [0.15, 0.2) is 0 Å². The lowest BCUT2D eigenvalue weighted by atomic mass is 9.87. The van der Waals surface area contributed by atoms with Crippen LogP contribution in [-0.4, -0.2) is 27.2 Å². The van der Waals surface area contributed by atoms with Crippen molar-refractivity contribution >= 4 is 57.3 Å². The molecule has 0 spiro atoms. The number of allylic oxidation sites excluding steroid dienone is 1. The molecular weight excluding hydrogens is 462 g/mol. The van der Waals surface area contributed by atoms with Crippen LogP contribution in [0.25, 0.3) is 28.1 Å². The molecule has 0 saturated carbocycles. The van der Waals surface area contributed by atoms with Crippen molar-refractivity contribution in [2.75, 3.05) is 5.88 Å². The molecule has 0 atom stereocenters. The molecule has 0 bridgehead atoms. The lowest BCUT2D eigenvalue weighted by Gasteiger charge is -2.18.